The van der Waals surface area contributed by atoms with Crippen LogP contribution in [0.25, 0.3) is 0 Å². The second kappa shape index (κ2) is 1.81. The lowest BCUT2D eigenvalue weighted by Crippen LogP contribution is -1.89. The number of aromatic nitrogens is 3. The molecule has 0 spiro atoms. The smallest absolute Gasteiger partial charge is 0.314 e. The minimum Gasteiger partial charge on any atom is -0.479 e. The van der Waals surface area contributed by atoms with Gasteiger partial charge in [-0.15, -0.1) is 5.10 Å². The Morgan fingerprint density at radius 2 is 2.62 bits per heavy atom. The van der Waals surface area contributed by atoms with Crippen molar-refractivity contribution in [1.82, 2.24) is 14.8 Å². The first kappa shape index (κ1) is 5.08. The molecular weight excluding hydrogens is 106 g/mol. The third-order valence-electron chi connectivity index (χ3n) is 0.936. The molecule has 1 heterocycles. The van der Waals surface area contributed by atoms with Crippen molar-refractivity contribution in [3.8, 4) is 6.01 Å². The molecule has 0 saturated carbocycles. The fraction of sp³-hybridized carbons (Fsp3) is 0.500. The summed E-state index contributed by atoms with van der Waals surface area (Å²) in [7, 11) is 0. The van der Waals surface area contributed by atoms with E-state index in [1.54, 1.807) is 4.57 Å². The number of hydrogen-bond donors (Lipinski definition) is 1. The molecule has 0 aliphatic heterocycles. The summed E-state index contributed by atoms with van der Waals surface area (Å²) in [6.45, 7) is 2.61. The molecule has 1 aromatic heterocycles. The molecule has 0 aromatic carbocycles. The van der Waals surface area contributed by atoms with Gasteiger partial charge in [0, 0.05) is 6.54 Å². The van der Waals surface area contributed by atoms with E-state index in [0.29, 0.717) is 6.54 Å². The summed E-state index contributed by atoms with van der Waals surface area (Å²) < 4.78 is 1.54. The molecule has 44 valence electrons. The maximum atomic E-state index is 8.74. The van der Waals surface area contributed by atoms with Crippen molar-refractivity contribution in [3.63, 3.8) is 0 Å². The van der Waals surface area contributed by atoms with Crippen molar-refractivity contribution in [3.05, 3.63) is 6.33 Å². The van der Waals surface area contributed by atoms with Crippen LogP contribution in [0.2, 0.25) is 0 Å². The summed E-state index contributed by atoms with van der Waals surface area (Å²) in [6, 6.07) is -0.0208. The number of rotatable bonds is 1. The maximum absolute atomic E-state index is 8.74. The molecule has 0 atom stereocenters. The zero-order valence-corrected chi connectivity index (χ0v) is 4.57. The van der Waals surface area contributed by atoms with E-state index in [-0.39, 0.29) is 6.01 Å². The van der Waals surface area contributed by atoms with E-state index in [2.05, 4.69) is 10.2 Å². The Morgan fingerprint density at radius 1 is 1.88 bits per heavy atom. The molecule has 1 N–H and O–H groups in total. The minimum absolute atomic E-state index is 0.0208. The second-order valence-electron chi connectivity index (χ2n) is 1.42. The molecular formula is C4H7N3O. The predicted octanol–water partition coefficient (Wildman–Crippen LogP) is 0.00360. The summed E-state index contributed by atoms with van der Waals surface area (Å²) in [5.41, 5.74) is 0. The largest absolute Gasteiger partial charge is 0.479 e. The van der Waals surface area contributed by atoms with Gasteiger partial charge in [-0.3, -0.25) is 4.57 Å². The Labute approximate surface area is 46.8 Å². The van der Waals surface area contributed by atoms with Crippen LogP contribution in [0.5, 0.6) is 6.01 Å². The van der Waals surface area contributed by atoms with Crippen molar-refractivity contribution < 1.29 is 5.11 Å². The highest BCUT2D eigenvalue weighted by atomic mass is 16.3. The fourth-order valence-electron chi connectivity index (χ4n) is 0.472. The van der Waals surface area contributed by atoms with Crippen LogP contribution in [0.4, 0.5) is 0 Å². The van der Waals surface area contributed by atoms with Crippen molar-refractivity contribution in [1.29, 1.82) is 0 Å². The van der Waals surface area contributed by atoms with Crippen molar-refractivity contribution in [2.24, 2.45) is 0 Å². The summed E-state index contributed by atoms with van der Waals surface area (Å²) in [5, 5.41) is 15.6. The lowest BCUT2D eigenvalue weighted by atomic mass is 10.7. The van der Waals surface area contributed by atoms with Gasteiger partial charge in [0.05, 0.1) is 0 Å². The molecule has 0 amide bonds. The topological polar surface area (TPSA) is 50.9 Å². The third-order valence-corrected chi connectivity index (χ3v) is 0.936. The standard InChI is InChI=1S/C4H7N3O/c1-2-7-3-5-6-4(7)8/h3H,2H2,1H3,(H,6,8). The highest BCUT2D eigenvalue weighted by Crippen LogP contribution is 1.98. The van der Waals surface area contributed by atoms with Crippen molar-refractivity contribution in [2.75, 3.05) is 0 Å². The van der Waals surface area contributed by atoms with E-state index in [0.717, 1.165) is 0 Å². The summed E-state index contributed by atoms with van der Waals surface area (Å²) in [4.78, 5) is 0. The Bertz CT molecular complexity index is 172. The van der Waals surface area contributed by atoms with Gasteiger partial charge in [-0.25, -0.2) is 0 Å². The quantitative estimate of drug-likeness (QED) is 0.557. The normalized spacial score (nSPS) is 9.62. The van der Waals surface area contributed by atoms with Crippen LogP contribution < -0.4 is 0 Å². The van der Waals surface area contributed by atoms with E-state index in [1.165, 1.54) is 6.33 Å². The minimum atomic E-state index is -0.0208. The molecule has 8 heavy (non-hydrogen) atoms. The average molecular weight is 113 g/mol. The summed E-state index contributed by atoms with van der Waals surface area (Å²) >= 11 is 0. The highest BCUT2D eigenvalue weighted by molar-refractivity contribution is 4.86. The first-order valence-electron chi connectivity index (χ1n) is 2.41. The molecule has 0 unspecified atom stereocenters. The summed E-state index contributed by atoms with van der Waals surface area (Å²) in [5.74, 6) is 0. The molecule has 4 nitrogen and oxygen atoms in total. The maximum Gasteiger partial charge on any atom is 0.314 e. The number of hydrogen-bond acceptors (Lipinski definition) is 3. The zero-order chi connectivity index (χ0) is 5.98. The van der Waals surface area contributed by atoms with Crippen LogP contribution in [0.3, 0.4) is 0 Å². The Kier molecular flexibility index (Phi) is 1.15. The van der Waals surface area contributed by atoms with Crippen molar-refractivity contribution >= 4 is 0 Å². The first-order chi connectivity index (χ1) is 3.84. The molecule has 0 aliphatic carbocycles. The number of aromatic hydroxyl groups is 1. The van der Waals surface area contributed by atoms with E-state index in [9.17, 15) is 0 Å². The molecule has 0 aliphatic rings. The molecule has 1 rings (SSSR count). The molecule has 1 aromatic rings. The predicted molar refractivity (Wildman–Crippen MR) is 27.4 cm³/mol. The molecule has 0 saturated heterocycles. The van der Waals surface area contributed by atoms with Crippen LogP contribution in [0, 0.1) is 0 Å². The van der Waals surface area contributed by atoms with Gasteiger partial charge in [-0.1, -0.05) is 5.10 Å². The molecule has 0 fully saturated rings. The number of nitrogens with zero attached hydrogens (tertiary/aromatic N) is 3. The van der Waals surface area contributed by atoms with E-state index in [4.69, 9.17) is 5.11 Å². The van der Waals surface area contributed by atoms with Crippen LogP contribution in [0.1, 0.15) is 6.92 Å². The second-order valence-corrected chi connectivity index (χ2v) is 1.42. The average Bonchev–Trinajstić information content (AvgIpc) is 2.14. The van der Waals surface area contributed by atoms with Crippen LogP contribution in [-0.4, -0.2) is 19.9 Å². The third kappa shape index (κ3) is 0.641. The monoisotopic (exact) mass is 113 g/mol. The van der Waals surface area contributed by atoms with Crippen LogP contribution in [0.15, 0.2) is 6.33 Å². The van der Waals surface area contributed by atoms with E-state index in [1.807, 2.05) is 6.92 Å². The van der Waals surface area contributed by atoms with Gasteiger partial charge in [0.25, 0.3) is 0 Å². The number of aryl methyl sites for hydroxylation is 1. The van der Waals surface area contributed by atoms with Crippen LogP contribution in [-0.2, 0) is 6.54 Å². The van der Waals surface area contributed by atoms with E-state index >= 15 is 0 Å². The van der Waals surface area contributed by atoms with Gasteiger partial charge in [-0.2, -0.15) is 0 Å². The molecule has 0 radical (unpaired) electrons. The Morgan fingerprint density at radius 3 is 2.88 bits per heavy atom. The fourth-order valence-corrected chi connectivity index (χ4v) is 0.472. The Balaban J connectivity index is 2.92. The molecule has 4 heteroatoms. The van der Waals surface area contributed by atoms with Gasteiger partial charge in [-0.05, 0) is 6.92 Å². The van der Waals surface area contributed by atoms with Gasteiger partial charge >= 0.3 is 6.01 Å². The van der Waals surface area contributed by atoms with Gasteiger partial charge < -0.3 is 5.11 Å². The lowest BCUT2D eigenvalue weighted by molar-refractivity contribution is 0.401. The first-order valence-corrected chi connectivity index (χ1v) is 2.41. The lowest BCUT2D eigenvalue weighted by Gasteiger charge is -1.91. The molecule has 0 bridgehead atoms. The van der Waals surface area contributed by atoms with Gasteiger partial charge in [0.15, 0.2) is 0 Å². The van der Waals surface area contributed by atoms with Gasteiger partial charge in [0.2, 0.25) is 0 Å². The Hall–Kier alpha value is -1.06. The summed E-state index contributed by atoms with van der Waals surface area (Å²) in [6.07, 6.45) is 1.48. The van der Waals surface area contributed by atoms with Gasteiger partial charge in [0.1, 0.15) is 6.33 Å². The van der Waals surface area contributed by atoms with E-state index < -0.39 is 0 Å². The van der Waals surface area contributed by atoms with Crippen molar-refractivity contribution in [2.45, 2.75) is 13.5 Å². The SMILES string of the molecule is CCn1cnnc1O. The zero-order valence-electron chi connectivity index (χ0n) is 4.57. The van der Waals surface area contributed by atoms with Crippen LogP contribution >= 0.6 is 0 Å². The highest BCUT2D eigenvalue weighted by Gasteiger charge is 1.93.